The van der Waals surface area contributed by atoms with Gasteiger partial charge in [-0.3, -0.25) is 9.36 Å². The molecule has 1 N–H and O–H groups in total. The Morgan fingerprint density at radius 2 is 2.11 bits per heavy atom. The molecule has 1 aromatic carbocycles. The Morgan fingerprint density at radius 1 is 1.33 bits per heavy atom. The summed E-state index contributed by atoms with van der Waals surface area (Å²) in [5.74, 6) is 0.624. The van der Waals surface area contributed by atoms with E-state index < -0.39 is 0 Å². The first kappa shape index (κ1) is 11.1. The Morgan fingerprint density at radius 3 is 2.72 bits per heavy atom. The third kappa shape index (κ3) is 1.54. The number of benzene rings is 1. The zero-order valence-corrected chi connectivity index (χ0v) is 10.1. The summed E-state index contributed by atoms with van der Waals surface area (Å²) in [6, 6.07) is 5.16. The number of ether oxygens (including phenoxy) is 1. The molecule has 18 heavy (non-hydrogen) atoms. The molecule has 0 bridgehead atoms. The Hall–Kier alpha value is -2.04. The van der Waals surface area contributed by atoms with Gasteiger partial charge in [0, 0.05) is 12.1 Å². The molecule has 3 rings (SSSR count). The lowest BCUT2D eigenvalue weighted by atomic mass is 9.93. The summed E-state index contributed by atoms with van der Waals surface area (Å²) >= 11 is 0. The van der Waals surface area contributed by atoms with E-state index in [0.29, 0.717) is 16.7 Å². The molecule has 94 valence electrons. The van der Waals surface area contributed by atoms with Gasteiger partial charge in [-0.25, -0.2) is 4.79 Å². The minimum atomic E-state index is -0.328. The van der Waals surface area contributed by atoms with Crippen LogP contribution in [0.5, 0.6) is 5.75 Å². The number of nitrogens with one attached hydrogen (secondary N) is 1. The largest absolute Gasteiger partial charge is 0.497 e. The maximum atomic E-state index is 12.3. The SMILES string of the molecule is COc1ccc2c(=O)n(C3CCC3)c(=O)[nH]c2c1. The minimum Gasteiger partial charge on any atom is -0.497 e. The van der Waals surface area contributed by atoms with Crippen molar-refractivity contribution in [3.63, 3.8) is 0 Å². The van der Waals surface area contributed by atoms with E-state index in [9.17, 15) is 9.59 Å². The molecule has 1 saturated carbocycles. The average Bonchev–Trinajstić information content (AvgIpc) is 2.31. The highest BCUT2D eigenvalue weighted by molar-refractivity contribution is 5.78. The summed E-state index contributed by atoms with van der Waals surface area (Å²) < 4.78 is 6.43. The number of fused-ring (bicyclic) bond motifs is 1. The van der Waals surface area contributed by atoms with Crippen LogP contribution in [0, 0.1) is 0 Å². The number of aromatic nitrogens is 2. The smallest absolute Gasteiger partial charge is 0.329 e. The molecule has 0 saturated heterocycles. The van der Waals surface area contributed by atoms with Gasteiger partial charge in [-0.15, -0.1) is 0 Å². The number of hydrogen-bond donors (Lipinski definition) is 1. The van der Waals surface area contributed by atoms with Crippen LogP contribution >= 0.6 is 0 Å². The molecule has 1 aliphatic carbocycles. The van der Waals surface area contributed by atoms with Crippen LogP contribution in [0.2, 0.25) is 0 Å². The minimum absolute atomic E-state index is 0.0627. The molecule has 0 unspecified atom stereocenters. The Kier molecular flexibility index (Phi) is 2.47. The number of H-pyrrole nitrogens is 1. The highest BCUT2D eigenvalue weighted by Gasteiger charge is 2.23. The first-order chi connectivity index (χ1) is 8.70. The number of methoxy groups -OCH3 is 1. The Bertz CT molecular complexity index is 710. The van der Waals surface area contributed by atoms with Gasteiger partial charge < -0.3 is 9.72 Å². The first-order valence-corrected chi connectivity index (χ1v) is 6.03. The maximum Gasteiger partial charge on any atom is 0.329 e. The van der Waals surface area contributed by atoms with E-state index in [1.165, 1.54) is 4.57 Å². The molecule has 0 amide bonds. The van der Waals surface area contributed by atoms with E-state index in [1.54, 1.807) is 25.3 Å². The molecule has 1 aromatic heterocycles. The second-order valence-corrected chi connectivity index (χ2v) is 4.60. The van der Waals surface area contributed by atoms with Gasteiger partial charge in [-0.05, 0) is 31.4 Å². The van der Waals surface area contributed by atoms with Gasteiger partial charge in [0.25, 0.3) is 5.56 Å². The maximum absolute atomic E-state index is 12.3. The number of rotatable bonds is 2. The molecule has 2 aromatic rings. The summed E-state index contributed by atoms with van der Waals surface area (Å²) in [6.07, 6.45) is 2.90. The van der Waals surface area contributed by atoms with Crippen molar-refractivity contribution in [2.24, 2.45) is 0 Å². The van der Waals surface area contributed by atoms with Crippen LogP contribution in [-0.2, 0) is 0 Å². The second-order valence-electron chi connectivity index (χ2n) is 4.60. The molecule has 1 fully saturated rings. The van der Waals surface area contributed by atoms with Crippen LogP contribution in [0.4, 0.5) is 0 Å². The normalized spacial score (nSPS) is 15.6. The molecular weight excluding hydrogens is 232 g/mol. The first-order valence-electron chi connectivity index (χ1n) is 6.03. The van der Waals surface area contributed by atoms with Crippen molar-refractivity contribution in [2.45, 2.75) is 25.3 Å². The lowest BCUT2D eigenvalue weighted by Crippen LogP contribution is -2.40. The molecule has 1 aliphatic rings. The summed E-state index contributed by atoms with van der Waals surface area (Å²) in [7, 11) is 1.55. The third-order valence-corrected chi connectivity index (χ3v) is 3.58. The molecule has 0 radical (unpaired) electrons. The highest BCUT2D eigenvalue weighted by atomic mass is 16.5. The van der Waals surface area contributed by atoms with Crippen molar-refractivity contribution in [3.8, 4) is 5.75 Å². The third-order valence-electron chi connectivity index (χ3n) is 3.58. The van der Waals surface area contributed by atoms with Crippen molar-refractivity contribution in [3.05, 3.63) is 39.0 Å². The molecule has 1 heterocycles. The van der Waals surface area contributed by atoms with Crippen LogP contribution in [0.3, 0.4) is 0 Å². The van der Waals surface area contributed by atoms with Gasteiger partial charge in [-0.1, -0.05) is 0 Å². The van der Waals surface area contributed by atoms with E-state index in [2.05, 4.69) is 4.98 Å². The van der Waals surface area contributed by atoms with Gasteiger partial charge >= 0.3 is 5.69 Å². The van der Waals surface area contributed by atoms with Gasteiger partial charge in [0.05, 0.1) is 18.0 Å². The van der Waals surface area contributed by atoms with Crippen LogP contribution in [0.25, 0.3) is 10.9 Å². The fraction of sp³-hybridized carbons (Fsp3) is 0.385. The van der Waals surface area contributed by atoms with Gasteiger partial charge in [0.15, 0.2) is 0 Å². The van der Waals surface area contributed by atoms with Crippen molar-refractivity contribution in [1.29, 1.82) is 0 Å². The van der Waals surface area contributed by atoms with Gasteiger partial charge in [-0.2, -0.15) is 0 Å². The number of hydrogen-bond acceptors (Lipinski definition) is 3. The summed E-state index contributed by atoms with van der Waals surface area (Å²) in [4.78, 5) is 27.0. The summed E-state index contributed by atoms with van der Waals surface area (Å²) in [5, 5.41) is 0.530. The molecule has 5 heteroatoms. The fourth-order valence-corrected chi connectivity index (χ4v) is 2.31. The van der Waals surface area contributed by atoms with Crippen molar-refractivity contribution in [2.75, 3.05) is 7.11 Å². The fourth-order valence-electron chi connectivity index (χ4n) is 2.31. The predicted octanol–water partition coefficient (Wildman–Crippen LogP) is 1.42. The predicted molar refractivity (Wildman–Crippen MR) is 68.3 cm³/mol. The van der Waals surface area contributed by atoms with Crippen LogP contribution < -0.4 is 16.0 Å². The molecule has 0 aliphatic heterocycles. The van der Waals surface area contributed by atoms with Gasteiger partial charge in [0.2, 0.25) is 0 Å². The van der Waals surface area contributed by atoms with Crippen molar-refractivity contribution < 1.29 is 4.74 Å². The Balaban J connectivity index is 2.28. The van der Waals surface area contributed by atoms with E-state index in [-0.39, 0.29) is 17.3 Å². The van der Waals surface area contributed by atoms with Crippen molar-refractivity contribution >= 4 is 10.9 Å². The van der Waals surface area contributed by atoms with Crippen LogP contribution in [-0.4, -0.2) is 16.7 Å². The molecule has 0 atom stereocenters. The monoisotopic (exact) mass is 246 g/mol. The van der Waals surface area contributed by atoms with Crippen molar-refractivity contribution in [1.82, 2.24) is 9.55 Å². The van der Waals surface area contributed by atoms with Gasteiger partial charge in [0.1, 0.15) is 5.75 Å². The van der Waals surface area contributed by atoms with Crippen LogP contribution in [0.15, 0.2) is 27.8 Å². The van der Waals surface area contributed by atoms with E-state index in [1.807, 2.05) is 0 Å². The second kappa shape index (κ2) is 4.01. The van der Waals surface area contributed by atoms with E-state index in [4.69, 9.17) is 4.74 Å². The standard InChI is InChI=1S/C13H14N2O3/c1-18-9-5-6-10-11(7-9)14-13(17)15(12(10)16)8-3-2-4-8/h5-8H,2-4H2,1H3,(H,14,17). The molecule has 5 nitrogen and oxygen atoms in total. The zero-order chi connectivity index (χ0) is 12.7. The summed E-state index contributed by atoms with van der Waals surface area (Å²) in [5.41, 5.74) is -0.00789. The average molecular weight is 246 g/mol. The topological polar surface area (TPSA) is 64.1 Å². The van der Waals surface area contributed by atoms with Crippen LogP contribution in [0.1, 0.15) is 25.3 Å². The lowest BCUT2D eigenvalue weighted by Gasteiger charge is -2.26. The highest BCUT2D eigenvalue weighted by Crippen LogP contribution is 2.29. The van der Waals surface area contributed by atoms with E-state index >= 15 is 0 Å². The quantitative estimate of drug-likeness (QED) is 0.871. The summed E-state index contributed by atoms with van der Waals surface area (Å²) in [6.45, 7) is 0. The lowest BCUT2D eigenvalue weighted by molar-refractivity contribution is 0.298. The number of aromatic amines is 1. The van der Waals surface area contributed by atoms with E-state index in [0.717, 1.165) is 19.3 Å². The number of nitrogens with zero attached hydrogens (tertiary/aromatic N) is 1. The molecule has 0 spiro atoms. The zero-order valence-electron chi connectivity index (χ0n) is 10.1. The molecular formula is C13H14N2O3. The Labute approximate surface area is 103 Å².